The lowest BCUT2D eigenvalue weighted by atomic mass is 9.65. The third kappa shape index (κ3) is 5.25. The molecule has 1 fully saturated rings. The van der Waals surface area contributed by atoms with E-state index in [0.717, 1.165) is 11.8 Å². The smallest absolute Gasteiger partial charge is 0.416 e. The van der Waals surface area contributed by atoms with Crippen LogP contribution in [0.1, 0.15) is 29.9 Å². The quantitative estimate of drug-likeness (QED) is 0.550. The monoisotopic (exact) mass is 463 g/mol. The third-order valence-corrected chi connectivity index (χ3v) is 5.93. The summed E-state index contributed by atoms with van der Waals surface area (Å²) in [5, 5.41) is 24.6. The van der Waals surface area contributed by atoms with Crippen molar-refractivity contribution >= 4 is 23.3 Å². The van der Waals surface area contributed by atoms with Crippen molar-refractivity contribution in [1.82, 2.24) is 0 Å². The molecule has 1 aliphatic rings. The van der Waals surface area contributed by atoms with Gasteiger partial charge in [-0.25, -0.2) is 4.39 Å². The zero-order chi connectivity index (χ0) is 24.3. The van der Waals surface area contributed by atoms with E-state index in [9.17, 15) is 37.5 Å². The molecule has 33 heavy (non-hydrogen) atoms. The van der Waals surface area contributed by atoms with Gasteiger partial charge in [0.15, 0.2) is 0 Å². The maximum atomic E-state index is 14.2. The summed E-state index contributed by atoms with van der Waals surface area (Å²) in [6, 6.07) is 10.7. The van der Waals surface area contributed by atoms with Crippen LogP contribution in [0.5, 0.6) is 0 Å². The Kier molecular flexibility index (Phi) is 6.91. The van der Waals surface area contributed by atoms with Crippen LogP contribution in [-0.4, -0.2) is 24.0 Å². The number of benzene rings is 2. The van der Waals surface area contributed by atoms with Crippen LogP contribution in [0.4, 0.5) is 28.9 Å². The molecule has 1 saturated carbocycles. The van der Waals surface area contributed by atoms with Gasteiger partial charge in [-0.1, -0.05) is 12.1 Å². The minimum absolute atomic E-state index is 0.0628. The molecule has 0 bridgehead atoms. The molecule has 0 aromatic heterocycles. The Morgan fingerprint density at radius 2 is 1.79 bits per heavy atom. The van der Waals surface area contributed by atoms with Crippen LogP contribution < -0.4 is 10.6 Å². The van der Waals surface area contributed by atoms with E-state index in [1.807, 2.05) is 0 Å². The summed E-state index contributed by atoms with van der Waals surface area (Å²) in [6.07, 6.45) is -4.59. The van der Waals surface area contributed by atoms with Gasteiger partial charge >= 0.3 is 12.1 Å². The van der Waals surface area contributed by atoms with Crippen LogP contribution in [0, 0.1) is 34.9 Å². The molecule has 0 heterocycles. The Morgan fingerprint density at radius 3 is 2.30 bits per heavy atom. The molecule has 0 saturated heterocycles. The molecule has 10 heteroatoms. The molecule has 2 aromatic carbocycles. The molecule has 1 aliphatic carbocycles. The average Bonchev–Trinajstić information content (AvgIpc) is 2.78. The highest BCUT2D eigenvalue weighted by atomic mass is 19.4. The molecule has 4 atom stereocenters. The van der Waals surface area contributed by atoms with Crippen molar-refractivity contribution in [3.63, 3.8) is 0 Å². The average molecular weight is 463 g/mol. The van der Waals surface area contributed by atoms with Gasteiger partial charge in [-0.15, -0.1) is 0 Å². The normalized spacial score (nSPS) is 22.8. The van der Waals surface area contributed by atoms with E-state index in [-0.39, 0.29) is 18.9 Å². The SMILES string of the molecule is CNc1ccc([C@H]2CC(C#N)CC(C(=O)Nc3ccc(C(F)(F)F)cc3F)C2C(=O)O)cc1. The molecule has 6 nitrogen and oxygen atoms in total. The Balaban J connectivity index is 1.91. The van der Waals surface area contributed by atoms with Crippen LogP contribution >= 0.6 is 0 Å². The molecule has 1 amide bonds. The van der Waals surface area contributed by atoms with Crippen LogP contribution in [-0.2, 0) is 15.8 Å². The second-order valence-corrected chi connectivity index (χ2v) is 7.93. The number of nitrogens with zero attached hydrogens (tertiary/aromatic N) is 1. The number of carbonyl (C=O) groups is 2. The summed E-state index contributed by atoms with van der Waals surface area (Å²) in [4.78, 5) is 25.1. The predicted molar refractivity (Wildman–Crippen MR) is 112 cm³/mol. The maximum Gasteiger partial charge on any atom is 0.416 e. The highest BCUT2D eigenvalue weighted by Crippen LogP contribution is 2.45. The van der Waals surface area contributed by atoms with Gasteiger partial charge in [0.25, 0.3) is 0 Å². The van der Waals surface area contributed by atoms with Crippen molar-refractivity contribution in [2.75, 3.05) is 17.7 Å². The summed E-state index contributed by atoms with van der Waals surface area (Å²) < 4.78 is 52.5. The van der Waals surface area contributed by atoms with Gasteiger partial charge in [-0.05, 0) is 54.7 Å². The number of alkyl halides is 3. The summed E-state index contributed by atoms with van der Waals surface area (Å²) in [6.45, 7) is 0. The van der Waals surface area contributed by atoms with Crippen LogP contribution in [0.3, 0.4) is 0 Å². The molecule has 2 aromatic rings. The third-order valence-electron chi connectivity index (χ3n) is 5.93. The van der Waals surface area contributed by atoms with Crippen molar-refractivity contribution in [3.8, 4) is 6.07 Å². The fourth-order valence-corrected chi connectivity index (χ4v) is 4.26. The number of rotatable bonds is 5. The van der Waals surface area contributed by atoms with E-state index in [4.69, 9.17) is 0 Å². The summed E-state index contributed by atoms with van der Waals surface area (Å²) in [7, 11) is 1.72. The number of nitrogens with one attached hydrogen (secondary N) is 2. The van der Waals surface area contributed by atoms with Gasteiger partial charge in [0, 0.05) is 18.7 Å². The van der Waals surface area contributed by atoms with Gasteiger partial charge in [0.1, 0.15) is 5.82 Å². The first kappa shape index (κ1) is 24.0. The largest absolute Gasteiger partial charge is 0.481 e. The lowest BCUT2D eigenvalue weighted by molar-refractivity contribution is -0.149. The van der Waals surface area contributed by atoms with E-state index in [2.05, 4.69) is 16.7 Å². The standard InChI is InChI=1S/C23H21F4N3O3/c1-29-15-5-2-13(3-6-15)16-8-12(11-28)9-17(20(16)22(32)33)21(31)30-19-7-4-14(10-18(19)24)23(25,26)27/h2-7,10,12,16-17,20,29H,8-9H2,1H3,(H,30,31)(H,32,33)/t12?,16-,17?,20?/m1/s1. The fraction of sp³-hybridized carbons (Fsp3) is 0.348. The number of hydrogen-bond acceptors (Lipinski definition) is 4. The second kappa shape index (κ2) is 9.48. The molecule has 3 rings (SSSR count). The minimum Gasteiger partial charge on any atom is -0.481 e. The number of anilines is 2. The van der Waals surface area contributed by atoms with Crippen molar-refractivity contribution in [1.29, 1.82) is 5.26 Å². The van der Waals surface area contributed by atoms with Crippen molar-refractivity contribution in [3.05, 3.63) is 59.4 Å². The zero-order valence-corrected chi connectivity index (χ0v) is 17.5. The first-order valence-corrected chi connectivity index (χ1v) is 10.1. The summed E-state index contributed by atoms with van der Waals surface area (Å²) in [5.41, 5.74) is -0.273. The summed E-state index contributed by atoms with van der Waals surface area (Å²) in [5.74, 6) is -7.07. The van der Waals surface area contributed by atoms with E-state index in [1.165, 1.54) is 0 Å². The molecule has 0 radical (unpaired) electrons. The Labute approximate surface area is 187 Å². The Morgan fingerprint density at radius 1 is 1.12 bits per heavy atom. The summed E-state index contributed by atoms with van der Waals surface area (Å²) >= 11 is 0. The molecule has 3 unspecified atom stereocenters. The molecule has 174 valence electrons. The van der Waals surface area contributed by atoms with Crippen LogP contribution in [0.25, 0.3) is 0 Å². The van der Waals surface area contributed by atoms with Gasteiger partial charge in [-0.3, -0.25) is 9.59 Å². The number of carboxylic acids is 1. The van der Waals surface area contributed by atoms with Gasteiger partial charge in [-0.2, -0.15) is 18.4 Å². The maximum absolute atomic E-state index is 14.2. The number of halogens is 4. The van der Waals surface area contributed by atoms with E-state index in [0.29, 0.717) is 11.6 Å². The van der Waals surface area contributed by atoms with Crippen molar-refractivity contribution in [2.24, 2.45) is 17.8 Å². The molecule has 0 aliphatic heterocycles. The van der Waals surface area contributed by atoms with E-state index >= 15 is 0 Å². The van der Waals surface area contributed by atoms with Crippen LogP contribution in [0.15, 0.2) is 42.5 Å². The first-order valence-electron chi connectivity index (χ1n) is 10.1. The fourth-order valence-electron chi connectivity index (χ4n) is 4.26. The number of nitriles is 1. The van der Waals surface area contributed by atoms with E-state index < -0.39 is 58.8 Å². The molecular weight excluding hydrogens is 442 g/mol. The van der Waals surface area contributed by atoms with Crippen molar-refractivity contribution in [2.45, 2.75) is 24.9 Å². The number of hydrogen-bond donors (Lipinski definition) is 3. The highest BCUT2D eigenvalue weighted by molar-refractivity contribution is 5.95. The van der Waals surface area contributed by atoms with Gasteiger partial charge < -0.3 is 15.7 Å². The van der Waals surface area contributed by atoms with Crippen LogP contribution in [0.2, 0.25) is 0 Å². The number of amides is 1. The topological polar surface area (TPSA) is 102 Å². The molecule has 0 spiro atoms. The molecular formula is C23H21F4N3O3. The lowest BCUT2D eigenvalue weighted by Crippen LogP contribution is -2.42. The number of aliphatic carboxylic acids is 1. The highest BCUT2D eigenvalue weighted by Gasteiger charge is 2.46. The minimum atomic E-state index is -4.75. The zero-order valence-electron chi connectivity index (χ0n) is 17.5. The Bertz CT molecular complexity index is 1080. The van der Waals surface area contributed by atoms with Gasteiger partial charge in [0.05, 0.1) is 29.2 Å². The number of carboxylic acid groups (broad SMARTS) is 1. The number of carbonyl (C=O) groups excluding carboxylic acids is 1. The van der Waals surface area contributed by atoms with E-state index in [1.54, 1.807) is 31.3 Å². The Hall–Kier alpha value is -3.61. The lowest BCUT2D eigenvalue weighted by Gasteiger charge is -2.37. The first-order chi connectivity index (χ1) is 15.5. The predicted octanol–water partition coefficient (Wildman–Crippen LogP) is 4.86. The second-order valence-electron chi connectivity index (χ2n) is 7.93. The van der Waals surface area contributed by atoms with Crippen molar-refractivity contribution < 1.29 is 32.3 Å². The molecule has 3 N–H and O–H groups in total. The van der Waals surface area contributed by atoms with Gasteiger partial charge in [0.2, 0.25) is 5.91 Å².